The quantitative estimate of drug-likeness (QED) is 0.460. The summed E-state index contributed by atoms with van der Waals surface area (Å²) >= 11 is 1.43. The zero-order valence-electron chi connectivity index (χ0n) is 18.0. The third kappa shape index (κ3) is 5.48. The van der Waals surface area contributed by atoms with Crippen LogP contribution in [0.5, 0.6) is 5.75 Å². The van der Waals surface area contributed by atoms with Crippen LogP contribution in [0.15, 0.2) is 66.0 Å². The van der Waals surface area contributed by atoms with Crippen molar-refractivity contribution in [1.82, 2.24) is 9.80 Å². The summed E-state index contributed by atoms with van der Waals surface area (Å²) in [6, 6.07) is 15.4. The topological polar surface area (TPSA) is 49.9 Å². The number of carbonyl (C=O) groups excluding carboxylic acids is 2. The SMILES string of the molecule is O=C(/C(=C\c1ccc(F)cc1)c1cccs1)N1CCN(C(=O)c2ccccc2OC(F)F)CC1. The molecule has 0 N–H and O–H groups in total. The Labute approximate surface area is 198 Å². The Hall–Kier alpha value is -3.59. The molecule has 2 amide bonds. The average Bonchev–Trinajstić information content (AvgIpc) is 3.38. The van der Waals surface area contributed by atoms with Gasteiger partial charge in [-0.15, -0.1) is 11.3 Å². The van der Waals surface area contributed by atoms with E-state index in [1.165, 1.54) is 46.6 Å². The summed E-state index contributed by atoms with van der Waals surface area (Å²) in [5.41, 5.74) is 1.23. The van der Waals surface area contributed by atoms with Crippen molar-refractivity contribution in [3.63, 3.8) is 0 Å². The zero-order valence-corrected chi connectivity index (χ0v) is 18.8. The van der Waals surface area contributed by atoms with Crippen LogP contribution in [0.3, 0.4) is 0 Å². The van der Waals surface area contributed by atoms with Crippen LogP contribution in [-0.2, 0) is 4.79 Å². The van der Waals surface area contributed by atoms with E-state index < -0.39 is 12.5 Å². The van der Waals surface area contributed by atoms with Gasteiger partial charge in [-0.3, -0.25) is 9.59 Å². The molecule has 5 nitrogen and oxygen atoms in total. The summed E-state index contributed by atoms with van der Waals surface area (Å²) in [5, 5.41) is 1.87. The molecule has 9 heteroatoms. The molecule has 0 bridgehead atoms. The van der Waals surface area contributed by atoms with Crippen molar-refractivity contribution >= 4 is 34.8 Å². The second-order valence-electron chi connectivity index (χ2n) is 7.55. The van der Waals surface area contributed by atoms with Crippen molar-refractivity contribution in [3.05, 3.63) is 87.9 Å². The maximum Gasteiger partial charge on any atom is 0.387 e. The number of ether oxygens (including phenoxy) is 1. The van der Waals surface area contributed by atoms with Crippen LogP contribution in [0.1, 0.15) is 20.8 Å². The molecule has 34 heavy (non-hydrogen) atoms. The number of thiophene rings is 1. The summed E-state index contributed by atoms with van der Waals surface area (Å²) in [5.74, 6) is -1.16. The van der Waals surface area contributed by atoms with Gasteiger partial charge in [-0.1, -0.05) is 30.3 Å². The van der Waals surface area contributed by atoms with E-state index in [1.54, 1.807) is 29.2 Å². The summed E-state index contributed by atoms with van der Waals surface area (Å²) in [7, 11) is 0. The second-order valence-corrected chi connectivity index (χ2v) is 8.49. The maximum absolute atomic E-state index is 13.4. The molecule has 1 aliphatic rings. The molecule has 176 valence electrons. The molecule has 1 aliphatic heterocycles. The van der Waals surface area contributed by atoms with E-state index >= 15 is 0 Å². The van der Waals surface area contributed by atoms with E-state index in [-0.39, 0.29) is 49.2 Å². The fourth-order valence-electron chi connectivity index (χ4n) is 3.69. The van der Waals surface area contributed by atoms with Crippen molar-refractivity contribution in [2.75, 3.05) is 26.2 Å². The van der Waals surface area contributed by atoms with Crippen molar-refractivity contribution in [2.45, 2.75) is 6.61 Å². The van der Waals surface area contributed by atoms with Gasteiger partial charge in [0.2, 0.25) is 0 Å². The van der Waals surface area contributed by atoms with Gasteiger partial charge in [-0.05, 0) is 47.4 Å². The van der Waals surface area contributed by atoms with Gasteiger partial charge in [0.05, 0.1) is 11.1 Å². The van der Waals surface area contributed by atoms with E-state index in [0.717, 1.165) is 4.88 Å². The number of nitrogens with zero attached hydrogens (tertiary/aromatic N) is 2. The Morgan fingerprint density at radius 3 is 2.24 bits per heavy atom. The molecule has 2 aromatic carbocycles. The number of hydrogen-bond acceptors (Lipinski definition) is 4. The van der Waals surface area contributed by atoms with Gasteiger partial charge in [0.25, 0.3) is 11.8 Å². The Morgan fingerprint density at radius 2 is 1.59 bits per heavy atom. The summed E-state index contributed by atoms with van der Waals surface area (Å²) in [6.07, 6.45) is 1.73. The molecule has 2 heterocycles. The molecule has 1 fully saturated rings. The van der Waals surface area contributed by atoms with Crippen LogP contribution in [0, 0.1) is 5.82 Å². The number of rotatable bonds is 6. The summed E-state index contributed by atoms with van der Waals surface area (Å²) in [6.45, 7) is -1.96. The third-order valence-electron chi connectivity index (χ3n) is 5.39. The molecule has 4 rings (SSSR count). The van der Waals surface area contributed by atoms with E-state index in [1.807, 2.05) is 17.5 Å². The highest BCUT2D eigenvalue weighted by Gasteiger charge is 2.28. The standard InChI is InChI=1S/C25H21F3N2O3S/c26-18-9-7-17(8-10-18)16-20(22-6-3-15-34-22)24(32)30-13-11-29(12-14-30)23(31)19-4-1-2-5-21(19)33-25(27)28/h1-10,15-16,25H,11-14H2/b20-16-. The fourth-order valence-corrected chi connectivity index (χ4v) is 4.43. The van der Waals surface area contributed by atoms with Gasteiger partial charge in [0, 0.05) is 31.1 Å². The van der Waals surface area contributed by atoms with E-state index in [9.17, 15) is 22.8 Å². The molecule has 0 unspecified atom stereocenters. The second kappa shape index (κ2) is 10.6. The highest BCUT2D eigenvalue weighted by atomic mass is 32.1. The van der Waals surface area contributed by atoms with E-state index in [2.05, 4.69) is 4.74 Å². The lowest BCUT2D eigenvalue weighted by molar-refractivity contribution is -0.126. The van der Waals surface area contributed by atoms with Crippen LogP contribution >= 0.6 is 11.3 Å². The Balaban J connectivity index is 1.48. The average molecular weight is 487 g/mol. The molecular formula is C25H21F3N2O3S. The Morgan fingerprint density at radius 1 is 0.912 bits per heavy atom. The minimum absolute atomic E-state index is 0.0538. The molecule has 3 aromatic rings. The van der Waals surface area contributed by atoms with Crippen molar-refractivity contribution in [1.29, 1.82) is 0 Å². The number of hydrogen-bond donors (Lipinski definition) is 0. The predicted octanol–water partition coefficient (Wildman–Crippen LogP) is 5.01. The van der Waals surface area contributed by atoms with Gasteiger partial charge >= 0.3 is 6.61 Å². The van der Waals surface area contributed by atoms with E-state index in [0.29, 0.717) is 11.1 Å². The van der Waals surface area contributed by atoms with Crippen molar-refractivity contribution < 1.29 is 27.5 Å². The first-order chi connectivity index (χ1) is 16.4. The molecule has 0 radical (unpaired) electrons. The van der Waals surface area contributed by atoms with E-state index in [4.69, 9.17) is 0 Å². The maximum atomic E-state index is 13.4. The molecule has 0 aliphatic carbocycles. The lowest BCUT2D eigenvalue weighted by atomic mass is 10.1. The number of amides is 2. The number of alkyl halides is 2. The Kier molecular flexibility index (Phi) is 7.32. The highest BCUT2D eigenvalue weighted by molar-refractivity contribution is 7.11. The number of halogens is 3. The van der Waals surface area contributed by atoms with Gasteiger partial charge in [0.1, 0.15) is 11.6 Å². The lowest BCUT2D eigenvalue weighted by Crippen LogP contribution is -2.50. The first-order valence-electron chi connectivity index (χ1n) is 10.6. The van der Waals surface area contributed by atoms with Gasteiger partial charge in [-0.2, -0.15) is 8.78 Å². The number of piperazine rings is 1. The number of para-hydroxylation sites is 1. The fraction of sp³-hybridized carbons (Fsp3) is 0.200. The molecule has 0 spiro atoms. The number of carbonyl (C=O) groups is 2. The highest BCUT2D eigenvalue weighted by Crippen LogP contribution is 2.27. The molecule has 1 saturated heterocycles. The first kappa shape index (κ1) is 23.6. The van der Waals surface area contributed by atoms with Gasteiger partial charge in [-0.25, -0.2) is 4.39 Å². The first-order valence-corrected chi connectivity index (χ1v) is 11.4. The number of benzene rings is 2. The van der Waals surface area contributed by atoms with Crippen LogP contribution in [0.4, 0.5) is 13.2 Å². The lowest BCUT2D eigenvalue weighted by Gasteiger charge is -2.35. The van der Waals surface area contributed by atoms with Gasteiger partial charge < -0.3 is 14.5 Å². The monoisotopic (exact) mass is 486 g/mol. The summed E-state index contributed by atoms with van der Waals surface area (Å²) < 4.78 is 43.2. The predicted molar refractivity (Wildman–Crippen MR) is 124 cm³/mol. The minimum atomic E-state index is -3.04. The summed E-state index contributed by atoms with van der Waals surface area (Å²) in [4.78, 5) is 30.3. The van der Waals surface area contributed by atoms with Gasteiger partial charge in [0.15, 0.2) is 0 Å². The molecule has 1 aromatic heterocycles. The van der Waals surface area contributed by atoms with Crippen LogP contribution < -0.4 is 4.74 Å². The van der Waals surface area contributed by atoms with Crippen molar-refractivity contribution in [2.24, 2.45) is 0 Å². The Bertz CT molecular complexity index is 1170. The van der Waals surface area contributed by atoms with Crippen LogP contribution in [0.25, 0.3) is 11.6 Å². The van der Waals surface area contributed by atoms with Crippen molar-refractivity contribution in [3.8, 4) is 5.75 Å². The smallest absolute Gasteiger partial charge is 0.387 e. The largest absolute Gasteiger partial charge is 0.434 e. The van der Waals surface area contributed by atoms with Crippen LogP contribution in [-0.4, -0.2) is 54.4 Å². The zero-order chi connectivity index (χ0) is 24.1. The molecular weight excluding hydrogens is 465 g/mol. The third-order valence-corrected chi connectivity index (χ3v) is 6.29. The molecule has 0 saturated carbocycles. The molecule has 0 atom stereocenters. The normalized spacial score (nSPS) is 14.4. The minimum Gasteiger partial charge on any atom is -0.434 e. The van der Waals surface area contributed by atoms with Crippen LogP contribution in [0.2, 0.25) is 0 Å².